The molecule has 0 fully saturated rings. The fraction of sp³-hybridized carbons (Fsp3) is 0.118. The molecule has 0 spiro atoms. The Morgan fingerprint density at radius 1 is 1.10 bits per heavy atom. The average molecular weight is 278 g/mol. The Morgan fingerprint density at radius 2 is 1.95 bits per heavy atom. The number of carbonyl (C=O) groups is 1. The van der Waals surface area contributed by atoms with Gasteiger partial charge < -0.3 is 4.74 Å². The maximum atomic E-state index is 11.1. The minimum atomic E-state index is -0.138. The first-order chi connectivity index (χ1) is 10.3. The van der Waals surface area contributed by atoms with Crippen molar-refractivity contribution in [1.82, 2.24) is 4.98 Å². The normalized spacial score (nSPS) is 13.9. The molecule has 0 bridgehead atoms. The van der Waals surface area contributed by atoms with Crippen LogP contribution in [0.2, 0.25) is 0 Å². The molecule has 0 N–H and O–H groups in total. The van der Waals surface area contributed by atoms with Crippen molar-refractivity contribution >= 4 is 17.7 Å². The number of pyridine rings is 1. The van der Waals surface area contributed by atoms with Crippen LogP contribution >= 0.6 is 0 Å². The van der Waals surface area contributed by atoms with Crippen LogP contribution in [0.25, 0.3) is 5.57 Å². The SMILES string of the molecule is O=C1CC=C(c2ncccc2OCc2ccccc2)C=N1. The Bertz CT molecular complexity index is 706. The van der Waals surface area contributed by atoms with Crippen LogP contribution in [0.4, 0.5) is 0 Å². The summed E-state index contributed by atoms with van der Waals surface area (Å²) in [6.07, 6.45) is 5.38. The predicted molar refractivity (Wildman–Crippen MR) is 81.1 cm³/mol. The van der Waals surface area contributed by atoms with Crippen molar-refractivity contribution in [2.24, 2.45) is 4.99 Å². The van der Waals surface area contributed by atoms with Crippen molar-refractivity contribution < 1.29 is 9.53 Å². The van der Waals surface area contributed by atoms with Crippen molar-refractivity contribution in [3.05, 3.63) is 66.0 Å². The largest absolute Gasteiger partial charge is 0.487 e. The molecule has 0 atom stereocenters. The van der Waals surface area contributed by atoms with E-state index in [1.54, 1.807) is 12.4 Å². The lowest BCUT2D eigenvalue weighted by Gasteiger charge is -2.12. The molecule has 21 heavy (non-hydrogen) atoms. The number of carbonyl (C=O) groups excluding carboxylic acids is 1. The number of hydrogen-bond acceptors (Lipinski definition) is 3. The molecule has 1 aromatic carbocycles. The zero-order valence-electron chi connectivity index (χ0n) is 11.4. The van der Waals surface area contributed by atoms with E-state index in [2.05, 4.69) is 9.98 Å². The fourth-order valence-electron chi connectivity index (χ4n) is 2.06. The van der Waals surface area contributed by atoms with E-state index in [0.717, 1.165) is 11.1 Å². The summed E-state index contributed by atoms with van der Waals surface area (Å²) in [5.41, 5.74) is 2.62. The molecule has 0 saturated heterocycles. The van der Waals surface area contributed by atoms with Gasteiger partial charge in [-0.2, -0.15) is 0 Å². The Hall–Kier alpha value is -2.75. The van der Waals surface area contributed by atoms with Crippen LogP contribution in [0.5, 0.6) is 5.75 Å². The number of allylic oxidation sites excluding steroid dienone is 1. The monoisotopic (exact) mass is 278 g/mol. The first-order valence-electron chi connectivity index (χ1n) is 6.72. The first kappa shape index (κ1) is 13.2. The lowest BCUT2D eigenvalue weighted by Crippen LogP contribution is -2.04. The van der Waals surface area contributed by atoms with Crippen molar-refractivity contribution in [3.8, 4) is 5.75 Å². The van der Waals surface area contributed by atoms with Gasteiger partial charge in [0.15, 0.2) is 0 Å². The summed E-state index contributed by atoms with van der Waals surface area (Å²) in [7, 11) is 0. The Morgan fingerprint density at radius 3 is 2.71 bits per heavy atom. The Labute approximate surface area is 122 Å². The molecule has 0 aliphatic carbocycles. The lowest BCUT2D eigenvalue weighted by molar-refractivity contribution is -0.117. The summed E-state index contributed by atoms with van der Waals surface area (Å²) in [5.74, 6) is 0.551. The molecule has 2 heterocycles. The van der Waals surface area contributed by atoms with Gasteiger partial charge in [0.1, 0.15) is 18.1 Å². The van der Waals surface area contributed by atoms with Gasteiger partial charge in [0.05, 0.1) is 0 Å². The summed E-state index contributed by atoms with van der Waals surface area (Å²) in [5, 5.41) is 0. The van der Waals surface area contributed by atoms with Gasteiger partial charge >= 0.3 is 0 Å². The van der Waals surface area contributed by atoms with Gasteiger partial charge in [-0.05, 0) is 17.7 Å². The minimum absolute atomic E-state index is 0.138. The van der Waals surface area contributed by atoms with E-state index in [9.17, 15) is 4.79 Å². The molecule has 1 amide bonds. The summed E-state index contributed by atoms with van der Waals surface area (Å²) >= 11 is 0. The van der Waals surface area contributed by atoms with Crippen LogP contribution in [0.1, 0.15) is 17.7 Å². The molecular weight excluding hydrogens is 264 g/mol. The highest BCUT2D eigenvalue weighted by Gasteiger charge is 2.13. The van der Waals surface area contributed by atoms with Crippen molar-refractivity contribution in [1.29, 1.82) is 0 Å². The van der Waals surface area contributed by atoms with Crippen LogP contribution in [0.15, 0.2) is 59.7 Å². The van der Waals surface area contributed by atoms with E-state index in [1.807, 2.05) is 48.5 Å². The maximum absolute atomic E-state index is 11.1. The molecule has 4 nitrogen and oxygen atoms in total. The van der Waals surface area contributed by atoms with Crippen LogP contribution in [-0.2, 0) is 11.4 Å². The highest BCUT2D eigenvalue weighted by Crippen LogP contribution is 2.25. The molecule has 3 rings (SSSR count). The molecule has 1 aliphatic rings. The molecule has 4 heteroatoms. The maximum Gasteiger partial charge on any atom is 0.249 e. The zero-order valence-corrected chi connectivity index (χ0v) is 11.4. The van der Waals surface area contributed by atoms with E-state index in [-0.39, 0.29) is 5.91 Å². The molecule has 2 aromatic rings. The summed E-state index contributed by atoms with van der Waals surface area (Å²) < 4.78 is 5.85. The van der Waals surface area contributed by atoms with Crippen molar-refractivity contribution in [3.63, 3.8) is 0 Å². The second kappa shape index (κ2) is 6.13. The van der Waals surface area contributed by atoms with E-state index >= 15 is 0 Å². The van der Waals surface area contributed by atoms with Gasteiger partial charge in [-0.25, -0.2) is 4.99 Å². The molecule has 0 radical (unpaired) electrons. The third kappa shape index (κ3) is 3.23. The minimum Gasteiger partial charge on any atom is -0.487 e. The van der Waals surface area contributed by atoms with E-state index < -0.39 is 0 Å². The number of dihydropyridines is 1. The lowest BCUT2D eigenvalue weighted by atomic mass is 10.1. The standard InChI is InChI=1S/C17H14N2O2/c20-16-9-8-14(11-19-16)17-15(7-4-10-18-17)21-12-13-5-2-1-3-6-13/h1-8,10-11H,9,12H2. The van der Waals surface area contributed by atoms with E-state index in [4.69, 9.17) is 4.74 Å². The number of nitrogens with zero attached hydrogens (tertiary/aromatic N) is 2. The van der Waals surface area contributed by atoms with Crippen LogP contribution in [-0.4, -0.2) is 17.1 Å². The van der Waals surface area contributed by atoms with Gasteiger partial charge in [-0.15, -0.1) is 0 Å². The number of ether oxygens (including phenoxy) is 1. The number of rotatable bonds is 4. The molecule has 1 aromatic heterocycles. The third-order valence-corrected chi connectivity index (χ3v) is 3.13. The first-order valence-corrected chi connectivity index (χ1v) is 6.72. The summed E-state index contributed by atoms with van der Waals surface area (Å²) in [6, 6.07) is 13.6. The van der Waals surface area contributed by atoms with Crippen LogP contribution < -0.4 is 4.74 Å². The fourth-order valence-corrected chi connectivity index (χ4v) is 2.06. The number of aromatic nitrogens is 1. The van der Waals surface area contributed by atoms with E-state index in [0.29, 0.717) is 24.5 Å². The highest BCUT2D eigenvalue weighted by atomic mass is 16.5. The number of hydrogen-bond donors (Lipinski definition) is 0. The van der Waals surface area contributed by atoms with Crippen LogP contribution in [0.3, 0.4) is 0 Å². The van der Waals surface area contributed by atoms with Crippen LogP contribution in [0, 0.1) is 0 Å². The smallest absolute Gasteiger partial charge is 0.249 e. The van der Waals surface area contributed by atoms with Gasteiger partial charge in [-0.1, -0.05) is 36.4 Å². The zero-order chi connectivity index (χ0) is 14.5. The predicted octanol–water partition coefficient (Wildman–Crippen LogP) is 3.05. The quantitative estimate of drug-likeness (QED) is 0.863. The second-order valence-corrected chi connectivity index (χ2v) is 4.64. The Balaban J connectivity index is 1.80. The van der Waals surface area contributed by atoms with Gasteiger partial charge in [0.25, 0.3) is 0 Å². The topological polar surface area (TPSA) is 51.5 Å². The Kier molecular flexibility index (Phi) is 3.87. The average Bonchev–Trinajstić information content (AvgIpc) is 2.55. The molecule has 104 valence electrons. The number of amides is 1. The van der Waals surface area contributed by atoms with Crippen molar-refractivity contribution in [2.75, 3.05) is 0 Å². The molecule has 1 aliphatic heterocycles. The summed E-state index contributed by atoms with van der Waals surface area (Å²) in [4.78, 5) is 19.3. The van der Waals surface area contributed by atoms with Gasteiger partial charge in [-0.3, -0.25) is 9.78 Å². The molecular formula is C17H14N2O2. The second-order valence-electron chi connectivity index (χ2n) is 4.64. The van der Waals surface area contributed by atoms with Crippen molar-refractivity contribution in [2.45, 2.75) is 13.0 Å². The molecule has 0 unspecified atom stereocenters. The summed E-state index contributed by atoms with van der Waals surface area (Å²) in [6.45, 7) is 0.475. The molecule has 0 saturated carbocycles. The number of benzene rings is 1. The highest BCUT2D eigenvalue weighted by molar-refractivity contribution is 6.15. The van der Waals surface area contributed by atoms with Gasteiger partial charge in [0, 0.05) is 24.4 Å². The number of aliphatic imine (C=N–C) groups is 1. The van der Waals surface area contributed by atoms with Gasteiger partial charge in [0.2, 0.25) is 5.91 Å². The van der Waals surface area contributed by atoms with E-state index in [1.165, 1.54) is 0 Å². The third-order valence-electron chi connectivity index (χ3n) is 3.13.